The van der Waals surface area contributed by atoms with Crippen LogP contribution in [0.2, 0.25) is 5.02 Å². The molecule has 4 aromatic rings. The molecule has 0 radical (unpaired) electrons. The third-order valence-corrected chi connectivity index (χ3v) is 5.04. The average Bonchev–Trinajstić information content (AvgIpc) is 3.38. The molecule has 0 aliphatic heterocycles. The van der Waals surface area contributed by atoms with Gasteiger partial charge in [-0.05, 0) is 48.4 Å². The molecule has 30 heavy (non-hydrogen) atoms. The Kier molecular flexibility index (Phi) is 5.26. The van der Waals surface area contributed by atoms with Gasteiger partial charge in [0, 0.05) is 40.2 Å². The summed E-state index contributed by atoms with van der Waals surface area (Å²) in [5.41, 5.74) is 0.703. The third kappa shape index (κ3) is 3.91. The predicted molar refractivity (Wildman–Crippen MR) is 105 cm³/mol. The number of aromatic nitrogens is 2. The van der Waals surface area contributed by atoms with Crippen molar-refractivity contribution in [1.82, 2.24) is 15.5 Å². The van der Waals surface area contributed by atoms with Crippen LogP contribution in [-0.4, -0.2) is 16.0 Å². The van der Waals surface area contributed by atoms with Crippen molar-refractivity contribution in [1.29, 1.82) is 0 Å². The van der Waals surface area contributed by atoms with E-state index in [0.717, 1.165) is 35.4 Å². The first kappa shape index (κ1) is 20.0. The molecule has 1 amide bonds. The van der Waals surface area contributed by atoms with Gasteiger partial charge >= 0.3 is 0 Å². The van der Waals surface area contributed by atoms with Crippen LogP contribution in [-0.2, 0) is 12.2 Å². The Morgan fingerprint density at radius 2 is 2.03 bits per heavy atom. The Bertz CT molecular complexity index is 1210. The van der Waals surface area contributed by atoms with Crippen LogP contribution in [0.25, 0.3) is 10.9 Å². The van der Waals surface area contributed by atoms with Crippen LogP contribution in [0.4, 0.5) is 13.2 Å². The minimum atomic E-state index is -2.70. The molecule has 2 heterocycles. The van der Waals surface area contributed by atoms with E-state index >= 15 is 4.39 Å². The molecular formula is C21H15ClF3N3O2. The number of amides is 1. The zero-order valence-corrected chi connectivity index (χ0v) is 16.1. The maximum Gasteiger partial charge on any atom is 0.276 e. The molecule has 5 nitrogen and oxygen atoms in total. The van der Waals surface area contributed by atoms with E-state index in [-0.39, 0.29) is 18.5 Å². The fraction of sp³-hybridized carbons (Fsp3) is 0.143. The van der Waals surface area contributed by atoms with Gasteiger partial charge in [0.05, 0.1) is 0 Å². The summed E-state index contributed by atoms with van der Waals surface area (Å²) in [4.78, 5) is 15.4. The molecule has 0 saturated heterocycles. The van der Waals surface area contributed by atoms with E-state index in [1.807, 2.05) is 0 Å². The Balaban J connectivity index is 1.68. The van der Waals surface area contributed by atoms with Gasteiger partial charge in [-0.1, -0.05) is 16.8 Å². The molecule has 0 aliphatic rings. The number of nitrogens with zero attached hydrogens (tertiary/aromatic N) is 1. The highest BCUT2D eigenvalue weighted by atomic mass is 35.5. The quantitative estimate of drug-likeness (QED) is 0.407. The monoisotopic (exact) mass is 433 g/mol. The van der Waals surface area contributed by atoms with E-state index in [9.17, 15) is 13.6 Å². The van der Waals surface area contributed by atoms with Crippen molar-refractivity contribution in [2.45, 2.75) is 18.6 Å². The highest BCUT2D eigenvalue weighted by Crippen LogP contribution is 2.33. The zero-order chi connectivity index (χ0) is 21.3. The van der Waals surface area contributed by atoms with Crippen LogP contribution in [0.3, 0.4) is 0 Å². The smallest absolute Gasteiger partial charge is 0.276 e. The van der Waals surface area contributed by atoms with Crippen molar-refractivity contribution in [2.75, 3.05) is 0 Å². The van der Waals surface area contributed by atoms with Gasteiger partial charge in [-0.2, -0.15) is 0 Å². The normalized spacial score (nSPS) is 13.3. The third-order valence-electron chi connectivity index (χ3n) is 4.81. The number of halogens is 4. The standard InChI is InChI=1S/C21H15ClF3N3O2/c22-13-1-4-18-15(9-13)12(11-26-18)5-7-21(25,16-10-14(23)2-3-17(16)24)27-20(29)19-6-8-30-28-19/h1-4,6,8-11,26H,5,7H2,(H,27,29). The van der Waals surface area contributed by atoms with Crippen molar-refractivity contribution in [3.63, 3.8) is 0 Å². The number of nitrogens with one attached hydrogen (secondary N) is 2. The van der Waals surface area contributed by atoms with E-state index in [2.05, 4.69) is 20.0 Å². The number of H-pyrrole nitrogens is 1. The summed E-state index contributed by atoms with van der Waals surface area (Å²) >= 11 is 6.05. The minimum Gasteiger partial charge on any atom is -0.364 e. The highest BCUT2D eigenvalue weighted by molar-refractivity contribution is 6.31. The number of benzene rings is 2. The van der Waals surface area contributed by atoms with Gasteiger partial charge in [0.1, 0.15) is 17.9 Å². The number of hydrogen-bond donors (Lipinski definition) is 2. The topological polar surface area (TPSA) is 70.9 Å². The van der Waals surface area contributed by atoms with Crippen molar-refractivity contribution in [2.24, 2.45) is 0 Å². The van der Waals surface area contributed by atoms with Gasteiger partial charge in [-0.25, -0.2) is 13.2 Å². The molecular weight excluding hydrogens is 419 g/mol. The maximum atomic E-state index is 16.0. The van der Waals surface area contributed by atoms with Crippen molar-refractivity contribution < 1.29 is 22.5 Å². The average molecular weight is 434 g/mol. The Morgan fingerprint density at radius 1 is 1.20 bits per heavy atom. The van der Waals surface area contributed by atoms with Crippen molar-refractivity contribution in [3.05, 3.63) is 88.4 Å². The highest BCUT2D eigenvalue weighted by Gasteiger charge is 2.37. The van der Waals surface area contributed by atoms with Gasteiger partial charge in [0.2, 0.25) is 5.79 Å². The lowest BCUT2D eigenvalue weighted by atomic mass is 9.95. The lowest BCUT2D eigenvalue weighted by molar-refractivity contribution is 0.0632. The first-order valence-corrected chi connectivity index (χ1v) is 9.36. The summed E-state index contributed by atoms with van der Waals surface area (Å²) in [5.74, 6) is -5.44. The molecule has 0 fully saturated rings. The van der Waals surface area contributed by atoms with Crippen LogP contribution in [0, 0.1) is 11.6 Å². The molecule has 4 rings (SSSR count). The summed E-state index contributed by atoms with van der Waals surface area (Å²) < 4.78 is 48.8. The number of aromatic amines is 1. The molecule has 1 atom stereocenters. The molecule has 0 aliphatic carbocycles. The van der Waals surface area contributed by atoms with E-state index in [1.165, 1.54) is 6.07 Å². The second-order valence-electron chi connectivity index (χ2n) is 6.77. The number of alkyl halides is 1. The summed E-state index contributed by atoms with van der Waals surface area (Å²) in [6.45, 7) is 0. The Labute approximate surface area is 173 Å². The van der Waals surface area contributed by atoms with Gasteiger partial charge in [0.15, 0.2) is 5.69 Å². The molecule has 9 heteroatoms. The second-order valence-corrected chi connectivity index (χ2v) is 7.20. The van der Waals surface area contributed by atoms with E-state index < -0.39 is 28.9 Å². The van der Waals surface area contributed by atoms with Gasteiger partial charge in [-0.15, -0.1) is 0 Å². The summed E-state index contributed by atoms with van der Waals surface area (Å²) in [7, 11) is 0. The minimum absolute atomic E-state index is 0.103. The number of rotatable bonds is 6. The molecule has 0 saturated carbocycles. The molecule has 154 valence electrons. The van der Waals surface area contributed by atoms with E-state index in [4.69, 9.17) is 11.6 Å². The number of carbonyl (C=O) groups excluding carboxylic acids is 1. The van der Waals surface area contributed by atoms with Gasteiger partial charge in [0.25, 0.3) is 5.91 Å². The summed E-state index contributed by atoms with van der Waals surface area (Å²) in [5, 5.41) is 6.86. The van der Waals surface area contributed by atoms with Crippen LogP contribution >= 0.6 is 11.6 Å². The number of carbonyl (C=O) groups is 1. The SMILES string of the molecule is O=C(NC(F)(CCc1c[nH]c2ccc(Cl)cc12)c1cc(F)ccc1F)c1ccon1. The van der Waals surface area contributed by atoms with Crippen LogP contribution in [0.1, 0.15) is 28.0 Å². The van der Waals surface area contributed by atoms with E-state index in [0.29, 0.717) is 10.6 Å². The molecule has 0 spiro atoms. The van der Waals surface area contributed by atoms with Gasteiger partial charge < -0.3 is 14.8 Å². The van der Waals surface area contributed by atoms with E-state index in [1.54, 1.807) is 24.4 Å². The molecule has 0 bridgehead atoms. The zero-order valence-electron chi connectivity index (χ0n) is 15.4. The number of fused-ring (bicyclic) bond motifs is 1. The lowest BCUT2D eigenvalue weighted by Gasteiger charge is -2.27. The Morgan fingerprint density at radius 3 is 2.80 bits per heavy atom. The predicted octanol–water partition coefficient (Wildman–Crippen LogP) is 5.27. The second kappa shape index (κ2) is 7.87. The first-order valence-electron chi connectivity index (χ1n) is 8.98. The lowest BCUT2D eigenvalue weighted by Crippen LogP contribution is -2.43. The summed E-state index contributed by atoms with van der Waals surface area (Å²) in [6.07, 6.45) is 2.57. The van der Waals surface area contributed by atoms with Crippen molar-refractivity contribution in [3.8, 4) is 0 Å². The number of hydrogen-bond acceptors (Lipinski definition) is 3. The van der Waals surface area contributed by atoms with Crippen LogP contribution in [0.15, 0.2) is 59.4 Å². The molecule has 2 aromatic heterocycles. The van der Waals surface area contributed by atoms with Gasteiger partial charge in [-0.3, -0.25) is 4.79 Å². The fourth-order valence-electron chi connectivity index (χ4n) is 3.30. The number of aryl methyl sites for hydroxylation is 1. The maximum absolute atomic E-state index is 16.0. The van der Waals surface area contributed by atoms with Crippen LogP contribution in [0.5, 0.6) is 0 Å². The first-order chi connectivity index (χ1) is 14.4. The van der Waals surface area contributed by atoms with Crippen LogP contribution < -0.4 is 5.32 Å². The Hall–Kier alpha value is -3.26. The largest absolute Gasteiger partial charge is 0.364 e. The van der Waals surface area contributed by atoms with Crippen molar-refractivity contribution >= 4 is 28.4 Å². The fourth-order valence-corrected chi connectivity index (χ4v) is 3.48. The molecule has 1 unspecified atom stereocenters. The summed E-state index contributed by atoms with van der Waals surface area (Å²) in [6, 6.07) is 8.86. The molecule has 2 aromatic carbocycles. The molecule has 2 N–H and O–H groups in total.